The maximum atomic E-state index is 13.9. The Bertz CT molecular complexity index is 4020. The molecule has 11 aromatic rings. The molecule has 0 aliphatic heterocycles. The third-order valence-corrected chi connectivity index (χ3v) is 17.0. The molecule has 11 rings (SSSR count). The van der Waals surface area contributed by atoms with Crippen molar-refractivity contribution in [1.82, 2.24) is 32.7 Å². The van der Waals surface area contributed by atoms with E-state index in [2.05, 4.69) is 249 Å². The van der Waals surface area contributed by atoms with Gasteiger partial charge < -0.3 is 27.7 Å². The summed E-state index contributed by atoms with van der Waals surface area (Å²) in [5, 5.41) is 5.81. The zero-order valence-electron chi connectivity index (χ0n) is 62.7. The summed E-state index contributed by atoms with van der Waals surface area (Å²) in [4.78, 5) is 18.2. The predicted octanol–water partition coefficient (Wildman–Crippen LogP) is 29.0. The number of aromatic nitrogens is 6. The largest absolute Gasteiger partial charge is 0.345 e. The molecule has 0 saturated heterocycles. The normalized spacial score (nSPS) is 10.8. The molecule has 0 aliphatic carbocycles. The summed E-state index contributed by atoms with van der Waals surface area (Å²) in [5.41, 5.74) is 13.8. The highest BCUT2D eigenvalue weighted by molar-refractivity contribution is 5.98. The fraction of sp³-hybridized carbons (Fsp3) is 0.489. The average molecular weight is 1390 g/mol. The molecule has 8 nitrogen and oxygen atoms in total. The second-order valence-electron chi connectivity index (χ2n) is 28.5. The summed E-state index contributed by atoms with van der Waals surface area (Å²) in [6.45, 7) is 51.7. The van der Waals surface area contributed by atoms with Gasteiger partial charge in [-0.25, -0.2) is 18.2 Å². The van der Waals surface area contributed by atoms with E-state index in [1.807, 2.05) is 61.0 Å². The molecule has 6 heterocycles. The highest BCUT2D eigenvalue weighted by atomic mass is 19.1. The number of benzene rings is 5. The second-order valence-corrected chi connectivity index (χ2v) is 28.5. The lowest BCUT2D eigenvalue weighted by molar-refractivity contribution is 0.0827. The van der Waals surface area contributed by atoms with E-state index in [0.717, 1.165) is 50.0 Å². The number of carbonyl (C=O) groups is 1. The summed E-state index contributed by atoms with van der Waals surface area (Å²) in [5.74, 6) is 2.71. The first-order valence-corrected chi connectivity index (χ1v) is 35.0. The molecule has 0 N–H and O–H groups in total. The van der Waals surface area contributed by atoms with E-state index >= 15 is 0 Å². The van der Waals surface area contributed by atoms with E-state index in [1.165, 1.54) is 68.1 Å². The van der Waals surface area contributed by atoms with Crippen molar-refractivity contribution in [3.05, 3.63) is 209 Å². The minimum absolute atomic E-state index is 0. The highest BCUT2D eigenvalue weighted by Gasteiger charge is 2.20. The number of rotatable bonds is 13. The van der Waals surface area contributed by atoms with Gasteiger partial charge in [0.25, 0.3) is 5.91 Å². The summed E-state index contributed by atoms with van der Waals surface area (Å²) in [7, 11) is 3.57. The minimum atomic E-state index is -0.164. The van der Waals surface area contributed by atoms with Crippen LogP contribution in [0.3, 0.4) is 0 Å². The Balaban J connectivity index is 0. The van der Waals surface area contributed by atoms with E-state index in [1.54, 1.807) is 43.3 Å². The molecule has 0 radical (unpaired) electrons. The van der Waals surface area contributed by atoms with Crippen LogP contribution < -0.4 is 0 Å². The van der Waals surface area contributed by atoms with Gasteiger partial charge >= 0.3 is 0 Å². The molecule has 0 aliphatic rings. The van der Waals surface area contributed by atoms with Gasteiger partial charge in [0.05, 0.1) is 11.0 Å². The van der Waals surface area contributed by atoms with Crippen molar-refractivity contribution in [1.29, 1.82) is 0 Å². The molecule has 6 aromatic heterocycles. The molecule has 1 amide bonds. The van der Waals surface area contributed by atoms with Gasteiger partial charge in [-0.15, -0.1) is 0 Å². The molecule has 101 heavy (non-hydrogen) atoms. The number of para-hydroxylation sites is 1. The number of amides is 1. The van der Waals surface area contributed by atoms with Crippen LogP contribution in [0.5, 0.6) is 0 Å². The number of hydrogen-bond acceptors (Lipinski definition) is 2. The zero-order valence-corrected chi connectivity index (χ0v) is 62.7. The molecule has 0 bridgehead atoms. The lowest BCUT2D eigenvalue weighted by atomic mass is 10.0. The van der Waals surface area contributed by atoms with E-state index in [9.17, 15) is 18.0 Å². The van der Waals surface area contributed by atoms with E-state index in [0.29, 0.717) is 53.8 Å². The maximum Gasteiger partial charge on any atom is 0.253 e. The summed E-state index contributed by atoms with van der Waals surface area (Å²) in [6.07, 6.45) is 13.9. The van der Waals surface area contributed by atoms with Crippen LogP contribution in [-0.2, 0) is 6.42 Å². The SMILES string of the molecule is C.C.C.C.C.C.CC.CC(C)Cc1ccccc1.CC(C)c1cn(C(C)C)c2c(F)cccc12.CC(C)c1cn(C(C)C)c2cc(C(=O)N(C)C)ccc12.CC(C)c1cn(C(C)C)c2cc(F)ccc12.CC(C)c1cn(C(C)C)c2ccc(F)cc12.CC(C)c1cn(C(C)C)c2ncccc12. The summed E-state index contributed by atoms with van der Waals surface area (Å²) >= 11 is 0. The molecule has 562 valence electrons. The van der Waals surface area contributed by atoms with Gasteiger partial charge in [0.15, 0.2) is 0 Å². The standard InChI is InChI=1S/C17H24N2O.3C14H18FN.C13H18N2.C10H14.C2H6.6CH4/c1-11(2)15-10-19(12(3)4)16-9-13(7-8-14(15)16)17(20)18(5)6;1-9(2)13-8-16(10(3)4)14-6-5-11(15)7-12(13)14;1-9(2)13-8-16(10(3)4)14-7-11(15)5-6-12(13)14;1-9(2)12-8-16(10(3)4)14-11(12)6-5-7-13(14)15;1-9(2)12-8-15(10(3)4)13-11(12)6-5-7-14-13;1-9(2)8-10-6-4-3-5-7-10;1-2;;;;;;/h7-12H,1-6H3;3*5-10H,1-4H3;5-10H,1-4H3;3-7,9H,8H2,1-2H3;1-2H3;6*1H4. The summed E-state index contributed by atoms with van der Waals surface area (Å²) < 4.78 is 51.3. The quantitative estimate of drug-likeness (QED) is 0.115. The molecule has 0 atom stereocenters. The Labute approximate surface area is 613 Å². The van der Waals surface area contributed by atoms with Crippen LogP contribution in [-0.4, -0.2) is 52.7 Å². The Morgan fingerprint density at radius 1 is 0.386 bits per heavy atom. The first-order chi connectivity index (χ1) is 44.7. The summed E-state index contributed by atoms with van der Waals surface area (Å²) in [6, 6.07) is 38.1. The lowest BCUT2D eigenvalue weighted by Gasteiger charge is -2.12. The lowest BCUT2D eigenvalue weighted by Crippen LogP contribution is -2.21. The van der Waals surface area contributed by atoms with Crippen LogP contribution in [0.15, 0.2) is 152 Å². The number of halogens is 3. The van der Waals surface area contributed by atoms with Gasteiger partial charge in [-0.1, -0.05) is 190 Å². The average Bonchev–Trinajstić information content (AvgIpc) is 1.68. The van der Waals surface area contributed by atoms with Gasteiger partial charge in [-0.2, -0.15) is 0 Å². The van der Waals surface area contributed by atoms with Crippen LogP contribution in [0.25, 0.3) is 54.6 Å². The Morgan fingerprint density at radius 3 is 1.23 bits per heavy atom. The van der Waals surface area contributed by atoms with Crippen molar-refractivity contribution in [2.45, 2.75) is 277 Å². The highest BCUT2D eigenvalue weighted by Crippen LogP contribution is 2.35. The first kappa shape index (κ1) is 95.3. The van der Waals surface area contributed by atoms with Crippen molar-refractivity contribution in [3.63, 3.8) is 0 Å². The molecule has 5 aromatic carbocycles. The monoisotopic (exact) mass is 1390 g/mol. The van der Waals surface area contributed by atoms with Gasteiger partial charge in [0.2, 0.25) is 0 Å². The van der Waals surface area contributed by atoms with Gasteiger partial charge in [0, 0.05) is 125 Å². The van der Waals surface area contributed by atoms with Crippen LogP contribution in [0.2, 0.25) is 0 Å². The minimum Gasteiger partial charge on any atom is -0.345 e. The molecule has 0 unspecified atom stereocenters. The molecule has 11 heteroatoms. The van der Waals surface area contributed by atoms with E-state index < -0.39 is 0 Å². The van der Waals surface area contributed by atoms with Crippen LogP contribution >= 0.6 is 0 Å². The van der Waals surface area contributed by atoms with Crippen molar-refractivity contribution in [2.24, 2.45) is 5.92 Å². The zero-order chi connectivity index (χ0) is 71.0. The van der Waals surface area contributed by atoms with Crippen molar-refractivity contribution in [3.8, 4) is 0 Å². The Morgan fingerprint density at radius 2 is 0.772 bits per heavy atom. The van der Waals surface area contributed by atoms with E-state index in [4.69, 9.17) is 0 Å². The van der Waals surface area contributed by atoms with E-state index in [-0.39, 0.29) is 74.0 Å². The van der Waals surface area contributed by atoms with Crippen molar-refractivity contribution >= 4 is 60.6 Å². The number of hydrogen-bond donors (Lipinski definition) is 0. The van der Waals surface area contributed by atoms with Gasteiger partial charge in [-0.05, 0) is 211 Å². The van der Waals surface area contributed by atoms with Crippen LogP contribution in [0.1, 0.15) is 314 Å². The number of fused-ring (bicyclic) bond motifs is 5. The second kappa shape index (κ2) is 43.2. The number of pyridine rings is 1. The number of nitrogens with zero attached hydrogens (tertiary/aromatic N) is 7. The molecule has 0 saturated carbocycles. The van der Waals surface area contributed by atoms with Crippen molar-refractivity contribution in [2.75, 3.05) is 14.1 Å². The maximum absolute atomic E-state index is 13.9. The fourth-order valence-corrected chi connectivity index (χ4v) is 12.0. The van der Waals surface area contributed by atoms with Gasteiger partial charge in [-0.3, -0.25) is 4.79 Å². The smallest absolute Gasteiger partial charge is 0.253 e. The van der Waals surface area contributed by atoms with Crippen LogP contribution in [0, 0.1) is 23.4 Å². The Hall–Kier alpha value is -7.79. The van der Waals surface area contributed by atoms with Crippen molar-refractivity contribution < 1.29 is 18.0 Å². The molecule has 0 spiro atoms. The topological polar surface area (TPSA) is 57.9 Å². The predicted molar refractivity (Wildman–Crippen MR) is 444 cm³/mol. The molecular formula is C90H140F3N7O. The van der Waals surface area contributed by atoms with Gasteiger partial charge in [0.1, 0.15) is 23.1 Å². The third kappa shape index (κ3) is 24.2. The number of carbonyl (C=O) groups excluding carboxylic acids is 1. The van der Waals surface area contributed by atoms with Crippen LogP contribution in [0.4, 0.5) is 13.2 Å². The molecule has 0 fully saturated rings. The molecular weight excluding hydrogens is 1250 g/mol. The first-order valence-electron chi connectivity index (χ1n) is 35.0. The Kier molecular flexibility index (Phi) is 40.8. The fourth-order valence-electron chi connectivity index (χ4n) is 12.0. The third-order valence-electron chi connectivity index (χ3n) is 17.0.